The number of thiazole rings is 1. The Hall–Kier alpha value is -4.37. The van der Waals surface area contributed by atoms with Gasteiger partial charge >= 0.3 is 0 Å². The second kappa shape index (κ2) is 9.83. The summed E-state index contributed by atoms with van der Waals surface area (Å²) in [4.78, 5) is 46.5. The molecule has 0 saturated carbocycles. The molecule has 8 nitrogen and oxygen atoms in total. The summed E-state index contributed by atoms with van der Waals surface area (Å²) in [6.07, 6.45) is 5.86. The predicted octanol–water partition coefficient (Wildman–Crippen LogP) is 3.94. The number of carbonyl (C=O) groups excluding carboxylic acids is 3. The van der Waals surface area contributed by atoms with Gasteiger partial charge in [-0.05, 0) is 71.8 Å². The largest absolute Gasteiger partial charge is 0.355 e. The molecule has 1 atom stereocenters. The van der Waals surface area contributed by atoms with Crippen molar-refractivity contribution in [2.24, 2.45) is 0 Å². The van der Waals surface area contributed by atoms with Crippen LogP contribution in [0.15, 0.2) is 72.4 Å². The first kappa shape index (κ1) is 24.0. The van der Waals surface area contributed by atoms with Crippen molar-refractivity contribution >= 4 is 34.2 Å². The molecule has 9 heteroatoms. The quantitative estimate of drug-likeness (QED) is 0.354. The Kier molecular flexibility index (Phi) is 6.21. The van der Waals surface area contributed by atoms with Gasteiger partial charge in [0.15, 0.2) is 5.13 Å². The first-order chi connectivity index (χ1) is 18.5. The van der Waals surface area contributed by atoms with Gasteiger partial charge in [-0.15, -0.1) is 11.3 Å². The number of fused-ring (bicyclic) bond motifs is 2. The summed E-state index contributed by atoms with van der Waals surface area (Å²) in [5.74, 6) is -0.672. The van der Waals surface area contributed by atoms with Crippen molar-refractivity contribution in [1.29, 1.82) is 0 Å². The standard InChI is InChI=1S/C29H25N5O3S/c35-25(16-32-26(36)22-5-4-19-6-9-29(23(19)15-22)10-13-31-27(29)37)34-28-33-24(17-38-28)21-3-1-2-20(14-21)18-7-11-30-12-8-18/h1-5,7-8,11-12,14-15,17H,6,9-10,13,16H2,(H,31,37)(H,32,36)(H,33,34,35). The molecule has 3 amide bonds. The smallest absolute Gasteiger partial charge is 0.251 e. The van der Waals surface area contributed by atoms with Gasteiger partial charge in [0, 0.05) is 35.4 Å². The minimum atomic E-state index is -0.524. The molecule has 38 heavy (non-hydrogen) atoms. The summed E-state index contributed by atoms with van der Waals surface area (Å²) < 4.78 is 0. The van der Waals surface area contributed by atoms with Crippen LogP contribution >= 0.6 is 11.3 Å². The molecule has 3 heterocycles. The second-order valence-corrected chi connectivity index (χ2v) is 10.4. The van der Waals surface area contributed by atoms with Crippen molar-refractivity contribution in [2.75, 3.05) is 18.4 Å². The SMILES string of the molecule is O=C(CNC(=O)c1ccc2c(c1)C1(CCNC1=O)CC2)Nc1nc(-c2cccc(-c3ccncc3)c2)cs1. The van der Waals surface area contributed by atoms with Crippen LogP contribution in [0.2, 0.25) is 0 Å². The third kappa shape index (κ3) is 4.45. The molecule has 1 aliphatic carbocycles. The zero-order valence-electron chi connectivity index (χ0n) is 20.5. The molecule has 2 aromatic carbocycles. The van der Waals surface area contributed by atoms with Crippen LogP contribution in [0.4, 0.5) is 5.13 Å². The van der Waals surface area contributed by atoms with Crippen molar-refractivity contribution < 1.29 is 14.4 Å². The summed E-state index contributed by atoms with van der Waals surface area (Å²) in [6.45, 7) is 0.470. The normalized spacial score (nSPS) is 17.7. The maximum atomic E-state index is 12.8. The molecule has 1 spiro atoms. The Morgan fingerprint density at radius 3 is 2.66 bits per heavy atom. The summed E-state index contributed by atoms with van der Waals surface area (Å²) in [6, 6.07) is 17.4. The summed E-state index contributed by atoms with van der Waals surface area (Å²) in [5, 5.41) is 10.7. The predicted molar refractivity (Wildman–Crippen MR) is 146 cm³/mol. The van der Waals surface area contributed by atoms with E-state index in [1.807, 2.05) is 53.9 Å². The van der Waals surface area contributed by atoms with Crippen LogP contribution in [-0.2, 0) is 21.4 Å². The third-order valence-electron chi connectivity index (χ3n) is 7.31. The number of rotatable bonds is 6. The number of pyridine rings is 1. The van der Waals surface area contributed by atoms with Gasteiger partial charge in [0.2, 0.25) is 11.8 Å². The van der Waals surface area contributed by atoms with Crippen LogP contribution in [0.5, 0.6) is 0 Å². The van der Waals surface area contributed by atoms with E-state index in [2.05, 4.69) is 25.9 Å². The number of anilines is 1. The van der Waals surface area contributed by atoms with Gasteiger partial charge in [0.25, 0.3) is 5.91 Å². The van der Waals surface area contributed by atoms with Gasteiger partial charge in [-0.2, -0.15) is 0 Å². The number of nitrogens with zero attached hydrogens (tertiary/aromatic N) is 2. The lowest BCUT2D eigenvalue weighted by atomic mass is 9.80. The first-order valence-electron chi connectivity index (χ1n) is 12.5. The molecule has 1 fully saturated rings. The number of hydrogen-bond acceptors (Lipinski definition) is 6. The minimum absolute atomic E-state index is 0.0418. The Bertz CT molecular complexity index is 1550. The van der Waals surface area contributed by atoms with Gasteiger partial charge < -0.3 is 16.0 Å². The molecule has 2 aromatic heterocycles. The average Bonchev–Trinajstić information content (AvgIpc) is 3.67. The lowest BCUT2D eigenvalue weighted by Gasteiger charge is -2.21. The topological polar surface area (TPSA) is 113 Å². The van der Waals surface area contributed by atoms with Crippen LogP contribution in [0.25, 0.3) is 22.4 Å². The number of hydrogen-bond donors (Lipinski definition) is 3. The fourth-order valence-electron chi connectivity index (χ4n) is 5.32. The average molecular weight is 524 g/mol. The van der Waals surface area contributed by atoms with Crippen molar-refractivity contribution in [3.8, 4) is 22.4 Å². The van der Waals surface area contributed by atoms with E-state index in [1.54, 1.807) is 18.5 Å². The Morgan fingerprint density at radius 1 is 1.00 bits per heavy atom. The van der Waals surface area contributed by atoms with E-state index in [-0.39, 0.29) is 24.3 Å². The summed E-state index contributed by atoms with van der Waals surface area (Å²) in [7, 11) is 0. The zero-order chi connectivity index (χ0) is 26.1. The highest BCUT2D eigenvalue weighted by Crippen LogP contribution is 2.44. The van der Waals surface area contributed by atoms with E-state index in [1.165, 1.54) is 11.3 Å². The highest BCUT2D eigenvalue weighted by molar-refractivity contribution is 7.14. The molecule has 190 valence electrons. The highest BCUT2D eigenvalue weighted by atomic mass is 32.1. The maximum absolute atomic E-state index is 12.8. The fraction of sp³-hybridized carbons (Fsp3) is 0.207. The Labute approximate surface area is 223 Å². The van der Waals surface area contributed by atoms with E-state index in [0.29, 0.717) is 17.2 Å². The monoisotopic (exact) mass is 523 g/mol. The molecule has 2 aliphatic rings. The lowest BCUT2D eigenvalue weighted by molar-refractivity contribution is -0.124. The summed E-state index contributed by atoms with van der Waals surface area (Å²) in [5.41, 5.74) is 5.79. The van der Waals surface area contributed by atoms with Gasteiger partial charge in [-0.25, -0.2) is 4.98 Å². The number of aryl methyl sites for hydroxylation is 1. The van der Waals surface area contributed by atoms with E-state index >= 15 is 0 Å². The van der Waals surface area contributed by atoms with Gasteiger partial charge in [0.1, 0.15) is 0 Å². The molecular formula is C29H25N5O3S. The first-order valence-corrected chi connectivity index (χ1v) is 13.4. The molecule has 0 radical (unpaired) electrons. The molecule has 1 aliphatic heterocycles. The van der Waals surface area contributed by atoms with Crippen LogP contribution in [-0.4, -0.2) is 40.8 Å². The van der Waals surface area contributed by atoms with Crippen LogP contribution in [0.1, 0.15) is 34.3 Å². The molecule has 6 rings (SSSR count). The fourth-order valence-corrected chi connectivity index (χ4v) is 6.06. The third-order valence-corrected chi connectivity index (χ3v) is 8.07. The molecule has 1 unspecified atom stereocenters. The molecule has 3 N–H and O–H groups in total. The number of aromatic nitrogens is 2. The molecule has 1 saturated heterocycles. The number of nitrogens with one attached hydrogen (secondary N) is 3. The van der Waals surface area contributed by atoms with Crippen LogP contribution in [0, 0.1) is 0 Å². The van der Waals surface area contributed by atoms with Crippen molar-refractivity contribution in [3.05, 3.63) is 89.1 Å². The van der Waals surface area contributed by atoms with Crippen LogP contribution < -0.4 is 16.0 Å². The van der Waals surface area contributed by atoms with Gasteiger partial charge in [-0.1, -0.05) is 24.3 Å². The Morgan fingerprint density at radius 2 is 1.84 bits per heavy atom. The van der Waals surface area contributed by atoms with Crippen molar-refractivity contribution in [2.45, 2.75) is 24.7 Å². The number of amides is 3. The lowest BCUT2D eigenvalue weighted by Crippen LogP contribution is -2.34. The highest BCUT2D eigenvalue weighted by Gasteiger charge is 2.48. The van der Waals surface area contributed by atoms with Crippen LogP contribution in [0.3, 0.4) is 0 Å². The van der Waals surface area contributed by atoms with Gasteiger partial charge in [-0.3, -0.25) is 19.4 Å². The molecule has 4 aromatic rings. The Balaban J connectivity index is 1.08. The van der Waals surface area contributed by atoms with Crippen molar-refractivity contribution in [1.82, 2.24) is 20.6 Å². The maximum Gasteiger partial charge on any atom is 0.251 e. The molecule has 0 bridgehead atoms. The number of carbonyl (C=O) groups is 3. The molecular weight excluding hydrogens is 498 g/mol. The van der Waals surface area contributed by atoms with E-state index in [4.69, 9.17) is 0 Å². The van der Waals surface area contributed by atoms with E-state index in [0.717, 1.165) is 52.8 Å². The van der Waals surface area contributed by atoms with E-state index in [9.17, 15) is 14.4 Å². The second-order valence-electron chi connectivity index (χ2n) is 9.55. The summed E-state index contributed by atoms with van der Waals surface area (Å²) >= 11 is 1.33. The van der Waals surface area contributed by atoms with Gasteiger partial charge in [0.05, 0.1) is 17.7 Å². The zero-order valence-corrected chi connectivity index (χ0v) is 21.3. The van der Waals surface area contributed by atoms with E-state index < -0.39 is 5.41 Å². The number of benzene rings is 2. The minimum Gasteiger partial charge on any atom is -0.355 e. The van der Waals surface area contributed by atoms with Crippen molar-refractivity contribution in [3.63, 3.8) is 0 Å².